The number of rotatable bonds is 1. The summed E-state index contributed by atoms with van der Waals surface area (Å²) in [6.07, 6.45) is -4.86. The molecule has 0 saturated carbocycles. The summed E-state index contributed by atoms with van der Waals surface area (Å²) in [5, 5.41) is 10.9. The second-order valence-electron chi connectivity index (χ2n) is 3.64. The lowest BCUT2D eigenvalue weighted by molar-refractivity contribution is -0.0609. The van der Waals surface area contributed by atoms with Crippen LogP contribution in [-0.4, -0.2) is 17.1 Å². The van der Waals surface area contributed by atoms with Gasteiger partial charge in [0.05, 0.1) is 0 Å². The van der Waals surface area contributed by atoms with Crippen LogP contribution in [0, 0.1) is 12.7 Å². The Bertz CT molecular complexity index is 628. The number of alkyl halides is 3. The Morgan fingerprint density at radius 3 is 2.56 bits per heavy atom. The molecule has 0 aliphatic rings. The summed E-state index contributed by atoms with van der Waals surface area (Å²) in [6, 6.07) is 3.34. The number of nitrogens with zero attached hydrogens (tertiary/aromatic N) is 1. The van der Waals surface area contributed by atoms with Gasteiger partial charge >= 0.3 is 6.18 Å². The average molecular weight is 261 g/mol. The van der Waals surface area contributed by atoms with E-state index in [9.17, 15) is 17.6 Å². The smallest absolute Gasteiger partial charge is 0.440 e. The largest absolute Gasteiger partial charge is 0.454 e. The summed E-state index contributed by atoms with van der Waals surface area (Å²) >= 11 is 0. The van der Waals surface area contributed by atoms with Crippen LogP contribution in [0.1, 0.15) is 11.3 Å². The van der Waals surface area contributed by atoms with Crippen LogP contribution in [-0.2, 0) is 0 Å². The molecule has 0 radical (unpaired) electrons. The Kier molecular flexibility index (Phi) is 2.76. The first-order valence-electron chi connectivity index (χ1n) is 4.83. The molecule has 0 aliphatic carbocycles. The lowest BCUT2D eigenvalue weighted by atomic mass is 10.1. The van der Waals surface area contributed by atoms with E-state index in [0.29, 0.717) is 0 Å². The van der Waals surface area contributed by atoms with Crippen molar-refractivity contribution in [2.45, 2.75) is 13.1 Å². The fraction of sp³-hybridized carbons (Fsp3) is 0.182. The van der Waals surface area contributed by atoms with Crippen LogP contribution in [0.2, 0.25) is 0 Å². The highest BCUT2D eigenvalue weighted by molar-refractivity contribution is 6.06. The zero-order valence-corrected chi connectivity index (χ0v) is 9.05. The zero-order chi connectivity index (χ0) is 13.5. The minimum Gasteiger partial charge on any atom is -0.454 e. The van der Waals surface area contributed by atoms with Gasteiger partial charge in [0.2, 0.25) is 5.71 Å². The molecule has 1 heterocycles. The second kappa shape index (κ2) is 4.01. The third kappa shape index (κ3) is 1.92. The predicted molar refractivity (Wildman–Crippen MR) is 55.3 cm³/mol. The molecule has 18 heavy (non-hydrogen) atoms. The first kappa shape index (κ1) is 12.4. The Morgan fingerprint density at radius 2 is 2.00 bits per heavy atom. The number of halogens is 4. The Balaban J connectivity index is 2.69. The number of furan rings is 1. The van der Waals surface area contributed by atoms with Gasteiger partial charge in [0.15, 0.2) is 5.76 Å². The SMILES string of the molecule is Cc1c(/C(=N\O)C(F)(F)F)oc2ccc(F)cc12. The molecule has 1 N–H and O–H groups in total. The molecule has 1 aromatic heterocycles. The van der Waals surface area contributed by atoms with Gasteiger partial charge < -0.3 is 9.62 Å². The van der Waals surface area contributed by atoms with Crippen LogP contribution >= 0.6 is 0 Å². The number of fused-ring (bicyclic) bond motifs is 1. The Labute approximate surface area is 98.3 Å². The lowest BCUT2D eigenvalue weighted by Gasteiger charge is -2.06. The predicted octanol–water partition coefficient (Wildman–Crippen LogP) is 3.62. The minimum atomic E-state index is -4.86. The van der Waals surface area contributed by atoms with Crippen molar-refractivity contribution in [1.29, 1.82) is 0 Å². The van der Waals surface area contributed by atoms with Crippen molar-refractivity contribution in [2.75, 3.05) is 0 Å². The van der Waals surface area contributed by atoms with Crippen LogP contribution < -0.4 is 0 Å². The summed E-state index contributed by atoms with van der Waals surface area (Å²) in [4.78, 5) is 0. The monoisotopic (exact) mass is 261 g/mol. The molecular weight excluding hydrogens is 254 g/mol. The van der Waals surface area contributed by atoms with Gasteiger partial charge in [0.1, 0.15) is 11.4 Å². The second-order valence-corrected chi connectivity index (χ2v) is 3.64. The maximum absolute atomic E-state index is 13.0. The third-order valence-electron chi connectivity index (χ3n) is 2.48. The molecule has 0 spiro atoms. The van der Waals surface area contributed by atoms with Gasteiger partial charge in [0, 0.05) is 10.9 Å². The maximum atomic E-state index is 13.0. The first-order valence-corrected chi connectivity index (χ1v) is 4.83. The summed E-state index contributed by atoms with van der Waals surface area (Å²) < 4.78 is 55.7. The first-order chi connectivity index (χ1) is 8.34. The number of hydrogen-bond acceptors (Lipinski definition) is 3. The van der Waals surface area contributed by atoms with E-state index in [2.05, 4.69) is 5.16 Å². The van der Waals surface area contributed by atoms with Crippen molar-refractivity contribution in [3.8, 4) is 0 Å². The van der Waals surface area contributed by atoms with Crippen LogP contribution in [0.3, 0.4) is 0 Å². The van der Waals surface area contributed by atoms with E-state index in [1.807, 2.05) is 0 Å². The Morgan fingerprint density at radius 1 is 1.33 bits per heavy atom. The average Bonchev–Trinajstić information content (AvgIpc) is 2.56. The van der Waals surface area contributed by atoms with E-state index >= 15 is 0 Å². The van der Waals surface area contributed by atoms with E-state index < -0.39 is 23.5 Å². The summed E-state index contributed by atoms with van der Waals surface area (Å²) in [7, 11) is 0. The van der Waals surface area contributed by atoms with E-state index in [4.69, 9.17) is 9.62 Å². The molecule has 7 heteroatoms. The van der Waals surface area contributed by atoms with Gasteiger partial charge in [-0.3, -0.25) is 0 Å². The number of aryl methyl sites for hydroxylation is 1. The van der Waals surface area contributed by atoms with Gasteiger partial charge in [-0.25, -0.2) is 4.39 Å². The molecule has 0 aliphatic heterocycles. The van der Waals surface area contributed by atoms with Crippen LogP contribution in [0.4, 0.5) is 17.6 Å². The van der Waals surface area contributed by atoms with Gasteiger partial charge in [-0.05, 0) is 25.1 Å². The van der Waals surface area contributed by atoms with Gasteiger partial charge in [-0.1, -0.05) is 5.16 Å². The highest BCUT2D eigenvalue weighted by Gasteiger charge is 2.41. The summed E-state index contributed by atoms with van der Waals surface area (Å²) in [5.74, 6) is -1.21. The highest BCUT2D eigenvalue weighted by atomic mass is 19.4. The molecule has 0 amide bonds. The minimum absolute atomic E-state index is 0.0645. The molecule has 2 rings (SSSR count). The van der Waals surface area contributed by atoms with Crippen LogP contribution in [0.5, 0.6) is 0 Å². The molecular formula is C11H7F4NO2. The quantitative estimate of drug-likeness (QED) is 0.369. The van der Waals surface area contributed by atoms with Gasteiger partial charge in [-0.2, -0.15) is 13.2 Å². The fourth-order valence-electron chi connectivity index (χ4n) is 1.65. The lowest BCUT2D eigenvalue weighted by Crippen LogP contribution is -2.24. The molecule has 0 unspecified atom stereocenters. The molecule has 3 nitrogen and oxygen atoms in total. The number of hydrogen-bond donors (Lipinski definition) is 1. The Hall–Kier alpha value is -2.05. The van der Waals surface area contributed by atoms with E-state index in [-0.39, 0.29) is 16.5 Å². The third-order valence-corrected chi connectivity index (χ3v) is 2.48. The van der Waals surface area contributed by atoms with E-state index in [1.165, 1.54) is 13.0 Å². The fourth-order valence-corrected chi connectivity index (χ4v) is 1.65. The van der Waals surface area contributed by atoms with E-state index in [0.717, 1.165) is 12.1 Å². The van der Waals surface area contributed by atoms with Crippen LogP contribution in [0.15, 0.2) is 27.8 Å². The van der Waals surface area contributed by atoms with Crippen molar-refractivity contribution in [2.24, 2.45) is 5.16 Å². The molecule has 96 valence electrons. The number of benzene rings is 1. The van der Waals surface area contributed by atoms with Gasteiger partial charge in [-0.15, -0.1) is 0 Å². The maximum Gasteiger partial charge on any atom is 0.440 e. The van der Waals surface area contributed by atoms with E-state index in [1.54, 1.807) is 0 Å². The summed E-state index contributed by atoms with van der Waals surface area (Å²) in [5.41, 5.74) is -1.39. The summed E-state index contributed by atoms with van der Waals surface area (Å²) in [6.45, 7) is 1.33. The standard InChI is InChI=1S/C11H7F4NO2/c1-5-7-4-6(12)2-3-8(7)18-9(5)10(16-17)11(13,14)15/h2-4,17H,1H3/b16-10+. The molecule has 0 atom stereocenters. The molecule has 0 fully saturated rings. The molecule has 2 aromatic rings. The van der Waals surface area contributed by atoms with Crippen LogP contribution in [0.25, 0.3) is 11.0 Å². The van der Waals surface area contributed by atoms with Crippen molar-refractivity contribution >= 4 is 16.7 Å². The topological polar surface area (TPSA) is 45.7 Å². The van der Waals surface area contributed by atoms with Crippen molar-refractivity contribution in [3.05, 3.63) is 35.3 Å². The normalized spacial score (nSPS) is 13.3. The molecule has 1 aromatic carbocycles. The molecule has 0 bridgehead atoms. The van der Waals surface area contributed by atoms with Gasteiger partial charge in [0.25, 0.3) is 0 Å². The highest BCUT2D eigenvalue weighted by Crippen LogP contribution is 2.31. The van der Waals surface area contributed by atoms with Crippen molar-refractivity contribution in [1.82, 2.24) is 0 Å². The zero-order valence-electron chi connectivity index (χ0n) is 9.05. The van der Waals surface area contributed by atoms with Crippen molar-refractivity contribution in [3.63, 3.8) is 0 Å². The molecule has 0 saturated heterocycles. The van der Waals surface area contributed by atoms with Crippen molar-refractivity contribution < 1.29 is 27.2 Å². The number of oxime groups is 1.